The van der Waals surface area contributed by atoms with Crippen molar-refractivity contribution < 1.29 is 0 Å². The number of aromatic nitrogens is 1. The van der Waals surface area contributed by atoms with E-state index in [0.29, 0.717) is 0 Å². The molecule has 0 unspecified atom stereocenters. The molecule has 1 aromatic heterocycles. The van der Waals surface area contributed by atoms with Gasteiger partial charge in [0.25, 0.3) is 0 Å². The smallest absolute Gasteiger partial charge is 0.0346 e. The summed E-state index contributed by atoms with van der Waals surface area (Å²) >= 11 is 0. The zero-order valence-corrected chi connectivity index (χ0v) is 6.70. The molecule has 1 heteroatoms. The van der Waals surface area contributed by atoms with Crippen molar-refractivity contribution in [3.05, 3.63) is 48.8 Å². The van der Waals surface area contributed by atoms with E-state index in [0.717, 1.165) is 10.9 Å². The molecule has 58 valence electrons. The van der Waals surface area contributed by atoms with E-state index in [1.54, 1.807) is 6.20 Å². The second-order valence-corrected chi connectivity index (χ2v) is 2.69. The predicted octanol–water partition coefficient (Wildman–Crippen LogP) is 2.88. The first kappa shape index (κ1) is 7.04. The van der Waals surface area contributed by atoms with Crippen molar-refractivity contribution in [2.75, 3.05) is 0 Å². The van der Waals surface area contributed by atoms with E-state index in [9.17, 15) is 0 Å². The van der Waals surface area contributed by atoms with Gasteiger partial charge < -0.3 is 0 Å². The molecule has 0 saturated heterocycles. The summed E-state index contributed by atoms with van der Waals surface area (Å²) in [6.45, 7) is 3.72. The van der Waals surface area contributed by atoms with Crippen LogP contribution in [-0.4, -0.2) is 4.98 Å². The van der Waals surface area contributed by atoms with Gasteiger partial charge >= 0.3 is 0 Å². The Labute approximate surface area is 71.4 Å². The molecule has 1 heterocycles. The van der Waals surface area contributed by atoms with Crippen LogP contribution in [0.3, 0.4) is 0 Å². The van der Waals surface area contributed by atoms with Gasteiger partial charge in [-0.05, 0) is 23.1 Å². The zero-order valence-electron chi connectivity index (χ0n) is 6.70. The SMILES string of the molecule is C=Cc1ccc2ccncc2c1. The normalized spacial score (nSPS) is 10.0. The van der Waals surface area contributed by atoms with E-state index in [1.807, 2.05) is 18.3 Å². The number of hydrogen-bond donors (Lipinski definition) is 0. The summed E-state index contributed by atoms with van der Waals surface area (Å²) in [5.74, 6) is 0. The van der Waals surface area contributed by atoms with Gasteiger partial charge in [-0.3, -0.25) is 4.98 Å². The van der Waals surface area contributed by atoms with Crippen LogP contribution in [0.25, 0.3) is 16.8 Å². The fraction of sp³-hybridized carbons (Fsp3) is 0. The van der Waals surface area contributed by atoms with Gasteiger partial charge in [0.1, 0.15) is 0 Å². The molecule has 0 aliphatic carbocycles. The summed E-state index contributed by atoms with van der Waals surface area (Å²) in [5, 5.41) is 2.38. The number of fused-ring (bicyclic) bond motifs is 1. The molecule has 0 aliphatic heterocycles. The molecule has 0 amide bonds. The Hall–Kier alpha value is -1.63. The molecule has 0 radical (unpaired) electrons. The van der Waals surface area contributed by atoms with Crippen LogP contribution in [-0.2, 0) is 0 Å². The molecule has 0 saturated carbocycles. The maximum absolute atomic E-state index is 4.05. The first-order valence-corrected chi connectivity index (χ1v) is 3.86. The third-order valence-electron chi connectivity index (χ3n) is 1.90. The number of rotatable bonds is 1. The lowest BCUT2D eigenvalue weighted by Gasteiger charge is -1.97. The van der Waals surface area contributed by atoms with Crippen LogP contribution in [0.5, 0.6) is 0 Å². The van der Waals surface area contributed by atoms with E-state index in [-0.39, 0.29) is 0 Å². The number of benzene rings is 1. The van der Waals surface area contributed by atoms with E-state index < -0.39 is 0 Å². The maximum Gasteiger partial charge on any atom is 0.0346 e. The van der Waals surface area contributed by atoms with Crippen molar-refractivity contribution in [2.45, 2.75) is 0 Å². The van der Waals surface area contributed by atoms with E-state index in [2.05, 4.69) is 29.8 Å². The highest BCUT2D eigenvalue weighted by molar-refractivity contribution is 5.83. The molecular formula is C11H9N. The van der Waals surface area contributed by atoms with Crippen LogP contribution < -0.4 is 0 Å². The van der Waals surface area contributed by atoms with Crippen molar-refractivity contribution in [1.29, 1.82) is 0 Å². The van der Waals surface area contributed by atoms with Gasteiger partial charge in [0, 0.05) is 17.8 Å². The summed E-state index contributed by atoms with van der Waals surface area (Å²) < 4.78 is 0. The van der Waals surface area contributed by atoms with Crippen LogP contribution in [0, 0.1) is 0 Å². The molecule has 0 bridgehead atoms. The summed E-state index contributed by atoms with van der Waals surface area (Å²) in [6, 6.07) is 8.21. The fourth-order valence-corrected chi connectivity index (χ4v) is 1.23. The molecule has 2 aromatic rings. The van der Waals surface area contributed by atoms with Crippen molar-refractivity contribution in [1.82, 2.24) is 4.98 Å². The molecule has 1 aromatic carbocycles. The molecular weight excluding hydrogens is 146 g/mol. The summed E-state index contributed by atoms with van der Waals surface area (Å²) in [4.78, 5) is 4.05. The summed E-state index contributed by atoms with van der Waals surface area (Å²) in [6.07, 6.45) is 5.50. The molecule has 1 nitrogen and oxygen atoms in total. The van der Waals surface area contributed by atoms with Gasteiger partial charge in [-0.2, -0.15) is 0 Å². The first-order chi connectivity index (χ1) is 5.90. The number of pyridine rings is 1. The topological polar surface area (TPSA) is 12.9 Å². The highest BCUT2D eigenvalue weighted by Gasteiger charge is 1.91. The molecule has 0 atom stereocenters. The van der Waals surface area contributed by atoms with Crippen molar-refractivity contribution in [3.63, 3.8) is 0 Å². The largest absolute Gasteiger partial charge is 0.264 e. The third kappa shape index (κ3) is 1.10. The Bertz CT molecular complexity index is 418. The van der Waals surface area contributed by atoms with Gasteiger partial charge in [-0.25, -0.2) is 0 Å². The fourth-order valence-electron chi connectivity index (χ4n) is 1.23. The lowest BCUT2D eigenvalue weighted by Crippen LogP contribution is -1.76. The van der Waals surface area contributed by atoms with Crippen molar-refractivity contribution >= 4 is 16.8 Å². The summed E-state index contributed by atoms with van der Waals surface area (Å²) in [7, 11) is 0. The maximum atomic E-state index is 4.05. The Morgan fingerprint density at radius 2 is 2.08 bits per heavy atom. The van der Waals surface area contributed by atoms with Crippen LogP contribution in [0.1, 0.15) is 5.56 Å². The van der Waals surface area contributed by atoms with Crippen LogP contribution in [0.15, 0.2) is 43.2 Å². The highest BCUT2D eigenvalue weighted by Crippen LogP contribution is 2.14. The zero-order chi connectivity index (χ0) is 8.39. The molecule has 0 fully saturated rings. The minimum Gasteiger partial charge on any atom is -0.264 e. The van der Waals surface area contributed by atoms with Gasteiger partial charge in [-0.15, -0.1) is 0 Å². The number of nitrogens with zero attached hydrogens (tertiary/aromatic N) is 1. The average Bonchev–Trinajstić information content (AvgIpc) is 2.17. The number of hydrogen-bond acceptors (Lipinski definition) is 1. The Balaban J connectivity index is 2.75. The second kappa shape index (κ2) is 2.78. The monoisotopic (exact) mass is 155 g/mol. The quantitative estimate of drug-likeness (QED) is 0.617. The Kier molecular flexibility index (Phi) is 1.63. The van der Waals surface area contributed by atoms with Gasteiger partial charge in [-0.1, -0.05) is 24.8 Å². The minimum absolute atomic E-state index is 1.13. The van der Waals surface area contributed by atoms with E-state index >= 15 is 0 Å². The van der Waals surface area contributed by atoms with Gasteiger partial charge in [0.05, 0.1) is 0 Å². The minimum atomic E-state index is 1.13. The highest BCUT2D eigenvalue weighted by atomic mass is 14.6. The first-order valence-electron chi connectivity index (χ1n) is 3.86. The molecule has 2 rings (SSSR count). The Morgan fingerprint density at radius 3 is 2.92 bits per heavy atom. The van der Waals surface area contributed by atoms with Crippen molar-refractivity contribution in [3.8, 4) is 0 Å². The van der Waals surface area contributed by atoms with Crippen LogP contribution in [0.4, 0.5) is 0 Å². The molecule has 12 heavy (non-hydrogen) atoms. The second-order valence-electron chi connectivity index (χ2n) is 2.69. The lowest BCUT2D eigenvalue weighted by atomic mass is 10.1. The van der Waals surface area contributed by atoms with Crippen molar-refractivity contribution in [2.24, 2.45) is 0 Å². The third-order valence-corrected chi connectivity index (χ3v) is 1.90. The molecule has 0 spiro atoms. The van der Waals surface area contributed by atoms with Crippen LogP contribution in [0.2, 0.25) is 0 Å². The van der Waals surface area contributed by atoms with E-state index in [1.165, 1.54) is 5.39 Å². The summed E-state index contributed by atoms with van der Waals surface area (Å²) in [5.41, 5.74) is 1.13. The van der Waals surface area contributed by atoms with E-state index in [4.69, 9.17) is 0 Å². The molecule has 0 N–H and O–H groups in total. The average molecular weight is 155 g/mol. The molecule has 0 aliphatic rings. The van der Waals surface area contributed by atoms with Crippen LogP contribution >= 0.6 is 0 Å². The van der Waals surface area contributed by atoms with Gasteiger partial charge in [0.2, 0.25) is 0 Å². The lowest BCUT2D eigenvalue weighted by molar-refractivity contribution is 1.36. The standard InChI is InChI=1S/C11H9N/c1-2-9-3-4-10-5-6-12-8-11(10)7-9/h2-8H,1H2. The van der Waals surface area contributed by atoms with Gasteiger partial charge in [0.15, 0.2) is 0 Å². The predicted molar refractivity (Wildman–Crippen MR) is 51.8 cm³/mol. The Morgan fingerprint density at radius 1 is 1.17 bits per heavy atom.